The molecule has 1 saturated carbocycles. The molecule has 4 aliphatic rings. The van der Waals surface area contributed by atoms with E-state index in [1.54, 1.807) is 0 Å². The van der Waals surface area contributed by atoms with Crippen LogP contribution in [0.5, 0.6) is 0 Å². The molecule has 0 radical (unpaired) electrons. The number of carboxylic acids is 1. The fourth-order valence-electron chi connectivity index (χ4n) is 5.19. The van der Waals surface area contributed by atoms with Gasteiger partial charge in [-0.1, -0.05) is 24.3 Å². The first-order valence-electron chi connectivity index (χ1n) is 8.79. The van der Waals surface area contributed by atoms with Gasteiger partial charge in [0.05, 0.1) is 18.2 Å². The van der Waals surface area contributed by atoms with Crippen molar-refractivity contribution >= 4 is 11.9 Å². The molecule has 5 nitrogen and oxygen atoms in total. The van der Waals surface area contributed by atoms with Gasteiger partial charge in [0.1, 0.15) is 0 Å². The summed E-state index contributed by atoms with van der Waals surface area (Å²) in [5.74, 6) is 0.00702. The standard InChI is InChI=1S/C19H21NO4.Na/c21-16(20-14-6-15-12-5-13(12)17(14)24-15)9-19(18(22)23)7-10-3-1-2-4-11(10)8-19;/h1-4,12-15,17H,5-9H2,(H,20,21)(H,22,23);/q;+1/p-1/t12-,13+,14-,15+,17+;/m1./s1. The smallest absolute Gasteiger partial charge is 0.550 e. The second-order valence-electron chi connectivity index (χ2n) is 7.98. The van der Waals surface area contributed by atoms with E-state index in [9.17, 15) is 14.7 Å². The largest absolute Gasteiger partial charge is 1.00 e. The summed E-state index contributed by atoms with van der Waals surface area (Å²) >= 11 is 0. The molecule has 2 bridgehead atoms. The van der Waals surface area contributed by atoms with Crippen molar-refractivity contribution in [3.8, 4) is 0 Å². The van der Waals surface area contributed by atoms with Gasteiger partial charge in [0.25, 0.3) is 0 Å². The van der Waals surface area contributed by atoms with Gasteiger partial charge < -0.3 is 20.0 Å². The Hall–Kier alpha value is -0.880. The molecule has 25 heavy (non-hydrogen) atoms. The molecule has 1 aromatic carbocycles. The van der Waals surface area contributed by atoms with Crippen LogP contribution < -0.4 is 40.0 Å². The zero-order chi connectivity index (χ0) is 16.5. The number of carbonyl (C=O) groups excluding carboxylic acids is 2. The number of hydrogen-bond donors (Lipinski definition) is 1. The zero-order valence-corrected chi connectivity index (χ0v) is 16.4. The third kappa shape index (κ3) is 2.76. The molecule has 5 atom stereocenters. The summed E-state index contributed by atoms with van der Waals surface area (Å²) in [5.41, 5.74) is 0.908. The molecular weight excluding hydrogens is 329 g/mol. The second-order valence-corrected chi connectivity index (χ2v) is 7.98. The maximum Gasteiger partial charge on any atom is 1.00 e. The van der Waals surface area contributed by atoms with E-state index in [0.29, 0.717) is 30.8 Å². The number of ether oxygens (including phenoxy) is 1. The Labute approximate surface area is 168 Å². The predicted molar refractivity (Wildman–Crippen MR) is 82.7 cm³/mol. The van der Waals surface area contributed by atoms with Gasteiger partial charge in [-0.2, -0.15) is 0 Å². The van der Waals surface area contributed by atoms with E-state index in [-0.39, 0.29) is 54.0 Å². The Morgan fingerprint density at radius 1 is 1.16 bits per heavy atom. The molecule has 2 aliphatic heterocycles. The van der Waals surface area contributed by atoms with Crippen molar-refractivity contribution in [2.45, 2.75) is 50.4 Å². The van der Waals surface area contributed by atoms with Crippen molar-refractivity contribution in [3.05, 3.63) is 35.4 Å². The maximum atomic E-state index is 12.6. The SMILES string of the molecule is O=C(CC1(C(=O)[O-])Cc2ccccc2C1)N[C@@H]1C[C@@H]2O[C@H]1[C@H]1C[C@H]12.[Na+]. The molecule has 2 heterocycles. The molecule has 1 amide bonds. The van der Waals surface area contributed by atoms with Crippen LogP contribution in [0, 0.1) is 17.3 Å². The number of fused-ring (bicyclic) bond motifs is 6. The topological polar surface area (TPSA) is 78.5 Å². The van der Waals surface area contributed by atoms with Crippen molar-refractivity contribution in [3.63, 3.8) is 0 Å². The number of rotatable bonds is 4. The third-order valence-electron chi connectivity index (χ3n) is 6.46. The summed E-state index contributed by atoms with van der Waals surface area (Å²) in [4.78, 5) is 24.4. The fraction of sp³-hybridized carbons (Fsp3) is 0.579. The monoisotopic (exact) mass is 349 g/mol. The number of nitrogens with one attached hydrogen (secondary N) is 1. The maximum absolute atomic E-state index is 12.6. The molecular formula is C19H20NNaO4. The van der Waals surface area contributed by atoms with Crippen molar-refractivity contribution in [1.82, 2.24) is 5.32 Å². The van der Waals surface area contributed by atoms with Crippen LogP contribution in [0.25, 0.3) is 0 Å². The van der Waals surface area contributed by atoms with Gasteiger partial charge in [-0.05, 0) is 48.6 Å². The molecule has 1 N–H and O–H groups in total. The summed E-state index contributed by atoms with van der Waals surface area (Å²) in [6.07, 6.45) is 3.26. The Kier molecular flexibility index (Phi) is 4.27. The van der Waals surface area contributed by atoms with Crippen LogP contribution in [-0.4, -0.2) is 30.1 Å². The Morgan fingerprint density at radius 3 is 2.40 bits per heavy atom. The number of carboxylic acid groups (broad SMARTS) is 1. The van der Waals surface area contributed by atoms with Crippen LogP contribution in [0.3, 0.4) is 0 Å². The summed E-state index contributed by atoms with van der Waals surface area (Å²) in [7, 11) is 0. The van der Waals surface area contributed by atoms with E-state index in [1.165, 1.54) is 6.42 Å². The predicted octanol–water partition coefficient (Wildman–Crippen LogP) is -2.79. The molecule has 0 aromatic heterocycles. The Morgan fingerprint density at radius 2 is 1.84 bits per heavy atom. The minimum absolute atomic E-state index is 0. The van der Waals surface area contributed by atoms with Crippen molar-refractivity contribution in [1.29, 1.82) is 0 Å². The van der Waals surface area contributed by atoms with Gasteiger partial charge in [0.15, 0.2) is 0 Å². The van der Waals surface area contributed by atoms with E-state index in [2.05, 4.69) is 5.32 Å². The minimum atomic E-state index is -1.12. The summed E-state index contributed by atoms with van der Waals surface area (Å²) < 4.78 is 5.90. The molecule has 0 spiro atoms. The molecule has 0 unspecified atom stereocenters. The van der Waals surface area contributed by atoms with Crippen molar-refractivity contribution in [2.24, 2.45) is 17.3 Å². The van der Waals surface area contributed by atoms with Crippen molar-refractivity contribution < 1.29 is 49.0 Å². The van der Waals surface area contributed by atoms with Crippen LogP contribution in [0.4, 0.5) is 0 Å². The molecule has 2 saturated heterocycles. The van der Waals surface area contributed by atoms with E-state index in [1.807, 2.05) is 24.3 Å². The van der Waals surface area contributed by atoms with Gasteiger partial charge in [0.2, 0.25) is 5.91 Å². The molecule has 1 aromatic rings. The van der Waals surface area contributed by atoms with Crippen molar-refractivity contribution in [2.75, 3.05) is 0 Å². The first-order valence-corrected chi connectivity index (χ1v) is 8.79. The zero-order valence-electron chi connectivity index (χ0n) is 14.4. The number of aliphatic carboxylic acids is 1. The van der Waals surface area contributed by atoms with Gasteiger partial charge in [-0.25, -0.2) is 0 Å². The third-order valence-corrected chi connectivity index (χ3v) is 6.46. The summed E-state index contributed by atoms with van der Waals surface area (Å²) in [6, 6.07) is 7.74. The average Bonchev–Trinajstić information content (AvgIpc) is 2.95. The molecule has 6 heteroatoms. The van der Waals surface area contributed by atoms with Gasteiger partial charge >= 0.3 is 29.6 Å². The number of amides is 1. The Bertz CT molecular complexity index is 711. The van der Waals surface area contributed by atoms with Crippen LogP contribution in [-0.2, 0) is 27.2 Å². The molecule has 3 fully saturated rings. The molecule has 2 aliphatic carbocycles. The van der Waals surface area contributed by atoms with Gasteiger partial charge in [-0.15, -0.1) is 0 Å². The first-order chi connectivity index (χ1) is 11.6. The summed E-state index contributed by atoms with van der Waals surface area (Å²) in [6.45, 7) is 0. The van der Waals surface area contributed by atoms with Gasteiger partial charge in [0, 0.05) is 17.8 Å². The van der Waals surface area contributed by atoms with E-state index < -0.39 is 11.4 Å². The number of benzene rings is 1. The van der Waals surface area contributed by atoms with Crippen LogP contribution in [0.15, 0.2) is 24.3 Å². The van der Waals surface area contributed by atoms with E-state index >= 15 is 0 Å². The molecule has 5 rings (SSSR count). The summed E-state index contributed by atoms with van der Waals surface area (Å²) in [5, 5.41) is 14.9. The van der Waals surface area contributed by atoms with Crippen LogP contribution in [0.1, 0.15) is 30.4 Å². The first kappa shape index (κ1) is 17.5. The minimum Gasteiger partial charge on any atom is -0.550 e. The molecule has 126 valence electrons. The van der Waals surface area contributed by atoms with E-state index in [0.717, 1.165) is 17.5 Å². The van der Waals surface area contributed by atoms with Gasteiger partial charge in [-0.3, -0.25) is 4.79 Å². The average molecular weight is 349 g/mol. The Balaban J connectivity index is 0.00000157. The van der Waals surface area contributed by atoms with Crippen LogP contribution >= 0.6 is 0 Å². The number of hydrogen-bond acceptors (Lipinski definition) is 4. The second kappa shape index (κ2) is 6.08. The normalized spacial score (nSPS) is 35.4. The van der Waals surface area contributed by atoms with E-state index in [4.69, 9.17) is 4.74 Å². The number of carbonyl (C=O) groups is 2. The van der Waals surface area contributed by atoms with Crippen LogP contribution in [0.2, 0.25) is 0 Å². The quantitative estimate of drug-likeness (QED) is 0.596. The fourth-order valence-corrected chi connectivity index (χ4v) is 5.19.